The van der Waals surface area contributed by atoms with Crippen molar-refractivity contribution in [1.29, 1.82) is 0 Å². The van der Waals surface area contributed by atoms with Gasteiger partial charge in [-0.05, 0) is 54.4 Å². The number of fused-ring (bicyclic) bond motifs is 1. The van der Waals surface area contributed by atoms with E-state index in [9.17, 15) is 4.79 Å². The number of amides is 1. The van der Waals surface area contributed by atoms with Crippen molar-refractivity contribution in [3.05, 3.63) is 85.8 Å². The monoisotopic (exact) mass is 477 g/mol. The fourth-order valence-corrected chi connectivity index (χ4v) is 4.21. The molecule has 0 atom stereocenters. The molecule has 0 spiro atoms. The van der Waals surface area contributed by atoms with Crippen molar-refractivity contribution in [3.8, 4) is 11.4 Å². The summed E-state index contributed by atoms with van der Waals surface area (Å²) in [6.07, 6.45) is 0.600. The lowest BCUT2D eigenvalue weighted by Gasteiger charge is -2.07. The van der Waals surface area contributed by atoms with E-state index in [0.717, 1.165) is 11.1 Å². The summed E-state index contributed by atoms with van der Waals surface area (Å²) in [5, 5.41) is 5.07. The Labute approximate surface area is 193 Å². The summed E-state index contributed by atoms with van der Waals surface area (Å²) >= 11 is 24.6. The fourth-order valence-electron chi connectivity index (χ4n) is 3.13. The molecule has 0 aliphatic carbocycles. The van der Waals surface area contributed by atoms with Crippen molar-refractivity contribution in [1.82, 2.24) is 15.3 Å². The second-order valence-corrected chi connectivity index (χ2v) is 8.31. The largest absolute Gasteiger partial charge is 0.352 e. The van der Waals surface area contributed by atoms with Crippen molar-refractivity contribution in [2.24, 2.45) is 0 Å². The number of hydrogen-bond donors (Lipinski definition) is 2. The minimum Gasteiger partial charge on any atom is -0.352 e. The molecule has 0 aliphatic heterocycles. The van der Waals surface area contributed by atoms with E-state index in [-0.39, 0.29) is 5.91 Å². The van der Waals surface area contributed by atoms with Gasteiger partial charge < -0.3 is 10.3 Å². The van der Waals surface area contributed by atoms with Crippen LogP contribution in [-0.2, 0) is 6.42 Å². The molecule has 152 valence electrons. The van der Waals surface area contributed by atoms with Crippen LogP contribution in [0.4, 0.5) is 0 Å². The summed E-state index contributed by atoms with van der Waals surface area (Å²) in [6.45, 7) is 0.446. The quantitative estimate of drug-likeness (QED) is 0.330. The third kappa shape index (κ3) is 4.42. The van der Waals surface area contributed by atoms with Crippen LogP contribution >= 0.6 is 46.4 Å². The lowest BCUT2D eigenvalue weighted by Crippen LogP contribution is -2.25. The average Bonchev–Trinajstić information content (AvgIpc) is 3.12. The highest BCUT2D eigenvalue weighted by Gasteiger charge is 2.14. The maximum Gasteiger partial charge on any atom is 0.251 e. The minimum atomic E-state index is -0.186. The molecule has 0 radical (unpaired) electrons. The Morgan fingerprint density at radius 1 is 0.933 bits per heavy atom. The van der Waals surface area contributed by atoms with Gasteiger partial charge in [-0.2, -0.15) is 0 Å². The molecular formula is C22H15Cl4N3O. The zero-order valence-corrected chi connectivity index (χ0v) is 18.5. The van der Waals surface area contributed by atoms with Gasteiger partial charge in [-0.3, -0.25) is 4.79 Å². The van der Waals surface area contributed by atoms with Crippen molar-refractivity contribution in [2.45, 2.75) is 6.42 Å². The van der Waals surface area contributed by atoms with Crippen LogP contribution in [0.2, 0.25) is 20.1 Å². The highest BCUT2D eigenvalue weighted by molar-refractivity contribution is 6.39. The number of aromatic nitrogens is 2. The van der Waals surface area contributed by atoms with Crippen LogP contribution in [0.25, 0.3) is 22.4 Å². The SMILES string of the molecule is O=C(NCCc1ccc(Cl)cc1Cl)c1ccc2nc(-c3c(Cl)cccc3Cl)[nH]c2c1. The summed E-state index contributed by atoms with van der Waals surface area (Å²) in [7, 11) is 0. The molecule has 0 fully saturated rings. The molecule has 1 heterocycles. The standard InChI is InChI=1S/C22H15Cl4N3O/c23-14-6-4-12(17(26)11-14)8-9-27-22(30)13-5-7-18-19(10-13)29-21(28-18)20-15(24)2-1-3-16(20)25/h1-7,10-11H,8-9H2,(H,27,30)(H,28,29). The second-order valence-electron chi connectivity index (χ2n) is 6.66. The molecule has 0 saturated carbocycles. The zero-order chi connectivity index (χ0) is 21.3. The van der Waals surface area contributed by atoms with Crippen LogP contribution in [0, 0.1) is 0 Å². The first-order valence-electron chi connectivity index (χ1n) is 9.08. The van der Waals surface area contributed by atoms with E-state index in [4.69, 9.17) is 46.4 Å². The van der Waals surface area contributed by atoms with Crippen molar-refractivity contribution in [3.63, 3.8) is 0 Å². The lowest BCUT2D eigenvalue weighted by molar-refractivity contribution is 0.0954. The highest BCUT2D eigenvalue weighted by Crippen LogP contribution is 2.33. The first-order valence-corrected chi connectivity index (χ1v) is 10.6. The molecule has 8 heteroatoms. The number of benzene rings is 3. The zero-order valence-electron chi connectivity index (χ0n) is 15.5. The fraction of sp³-hybridized carbons (Fsp3) is 0.0909. The first kappa shape index (κ1) is 21.0. The number of H-pyrrole nitrogens is 1. The molecule has 4 nitrogen and oxygen atoms in total. The van der Waals surface area contributed by atoms with E-state index >= 15 is 0 Å². The topological polar surface area (TPSA) is 57.8 Å². The summed E-state index contributed by atoms with van der Waals surface area (Å²) in [4.78, 5) is 20.3. The Balaban J connectivity index is 1.50. The van der Waals surface area contributed by atoms with Gasteiger partial charge in [0.05, 0.1) is 26.6 Å². The van der Waals surface area contributed by atoms with E-state index in [1.807, 2.05) is 6.07 Å². The maximum absolute atomic E-state index is 12.6. The normalized spacial score (nSPS) is 11.1. The highest BCUT2D eigenvalue weighted by atomic mass is 35.5. The van der Waals surface area contributed by atoms with Gasteiger partial charge >= 0.3 is 0 Å². The Morgan fingerprint density at radius 2 is 1.70 bits per heavy atom. The number of carbonyl (C=O) groups excluding carboxylic acids is 1. The van der Waals surface area contributed by atoms with Gasteiger partial charge in [0.15, 0.2) is 0 Å². The summed E-state index contributed by atoms with van der Waals surface area (Å²) in [5.74, 6) is 0.365. The predicted octanol–water partition coefficient (Wildman–Crippen LogP) is 6.82. The second kappa shape index (κ2) is 8.86. The molecule has 0 saturated heterocycles. The molecule has 3 aromatic carbocycles. The molecular weight excluding hydrogens is 464 g/mol. The molecule has 4 rings (SSSR count). The van der Waals surface area contributed by atoms with Crippen molar-refractivity contribution >= 4 is 63.3 Å². The number of rotatable bonds is 5. The molecule has 2 N–H and O–H groups in total. The Bertz CT molecular complexity index is 1230. The first-order chi connectivity index (χ1) is 14.4. The van der Waals surface area contributed by atoms with Gasteiger partial charge in [0.2, 0.25) is 0 Å². The van der Waals surface area contributed by atoms with Gasteiger partial charge in [0, 0.05) is 22.2 Å². The third-order valence-electron chi connectivity index (χ3n) is 4.64. The smallest absolute Gasteiger partial charge is 0.251 e. The summed E-state index contributed by atoms with van der Waals surface area (Å²) in [6, 6.07) is 15.9. The van der Waals surface area contributed by atoms with Crippen LogP contribution in [0.3, 0.4) is 0 Å². The number of nitrogens with one attached hydrogen (secondary N) is 2. The predicted molar refractivity (Wildman–Crippen MR) is 124 cm³/mol. The van der Waals surface area contributed by atoms with Crippen LogP contribution < -0.4 is 5.32 Å². The van der Waals surface area contributed by atoms with E-state index in [0.29, 0.717) is 55.5 Å². The molecule has 1 aromatic heterocycles. The van der Waals surface area contributed by atoms with Crippen LogP contribution in [0.1, 0.15) is 15.9 Å². The number of aromatic amines is 1. The van der Waals surface area contributed by atoms with Crippen LogP contribution in [0.5, 0.6) is 0 Å². The summed E-state index contributed by atoms with van der Waals surface area (Å²) in [5.41, 5.74) is 3.50. The van der Waals surface area contributed by atoms with Gasteiger partial charge in [-0.25, -0.2) is 4.98 Å². The molecule has 0 aliphatic rings. The Hall–Kier alpha value is -2.24. The minimum absolute atomic E-state index is 0.186. The lowest BCUT2D eigenvalue weighted by atomic mass is 10.1. The number of halogens is 4. The number of imidazole rings is 1. The van der Waals surface area contributed by atoms with Gasteiger partial charge in [-0.1, -0.05) is 58.5 Å². The average molecular weight is 479 g/mol. The molecule has 1 amide bonds. The van der Waals surface area contributed by atoms with Crippen molar-refractivity contribution in [2.75, 3.05) is 6.54 Å². The Kier molecular flexibility index (Phi) is 6.21. The number of hydrogen-bond acceptors (Lipinski definition) is 2. The van der Waals surface area contributed by atoms with Gasteiger partial charge in [0.25, 0.3) is 5.91 Å². The molecule has 4 aromatic rings. The van der Waals surface area contributed by atoms with Gasteiger partial charge in [0.1, 0.15) is 5.82 Å². The van der Waals surface area contributed by atoms with E-state index in [1.165, 1.54) is 0 Å². The molecule has 30 heavy (non-hydrogen) atoms. The van der Waals surface area contributed by atoms with E-state index in [1.54, 1.807) is 48.5 Å². The third-order valence-corrected chi connectivity index (χ3v) is 5.86. The van der Waals surface area contributed by atoms with Crippen molar-refractivity contribution < 1.29 is 4.79 Å². The van der Waals surface area contributed by atoms with E-state index < -0.39 is 0 Å². The number of nitrogens with zero attached hydrogens (tertiary/aromatic N) is 1. The van der Waals surface area contributed by atoms with Gasteiger partial charge in [-0.15, -0.1) is 0 Å². The summed E-state index contributed by atoms with van der Waals surface area (Å²) < 4.78 is 0. The molecule has 0 bridgehead atoms. The molecule has 0 unspecified atom stereocenters. The van der Waals surface area contributed by atoms with Crippen LogP contribution in [0.15, 0.2) is 54.6 Å². The van der Waals surface area contributed by atoms with E-state index in [2.05, 4.69) is 15.3 Å². The number of carbonyl (C=O) groups is 1. The van der Waals surface area contributed by atoms with Crippen LogP contribution in [-0.4, -0.2) is 22.4 Å². The maximum atomic E-state index is 12.6. The Morgan fingerprint density at radius 3 is 2.43 bits per heavy atom.